The van der Waals surface area contributed by atoms with E-state index < -0.39 is 11.9 Å². The molecular formula is C22H28IN7O3S2. The van der Waals surface area contributed by atoms with E-state index in [-0.39, 0.29) is 23.3 Å². The Kier molecular flexibility index (Phi) is 9.77. The van der Waals surface area contributed by atoms with E-state index in [4.69, 9.17) is 12.2 Å². The van der Waals surface area contributed by atoms with Gasteiger partial charge in [0.15, 0.2) is 5.01 Å². The summed E-state index contributed by atoms with van der Waals surface area (Å²) in [6.45, 7) is 1.66. The highest BCUT2D eigenvalue weighted by atomic mass is 127. The van der Waals surface area contributed by atoms with Gasteiger partial charge in [-0.2, -0.15) is 0 Å². The summed E-state index contributed by atoms with van der Waals surface area (Å²) in [5, 5.41) is 21.7. The highest BCUT2D eigenvalue weighted by molar-refractivity contribution is 14.1. The van der Waals surface area contributed by atoms with Crippen LogP contribution in [0.5, 0.6) is 0 Å². The normalized spacial score (nSPS) is 14.6. The van der Waals surface area contributed by atoms with E-state index in [0.29, 0.717) is 10.7 Å². The van der Waals surface area contributed by atoms with Gasteiger partial charge in [-0.25, -0.2) is 4.98 Å². The van der Waals surface area contributed by atoms with Crippen molar-refractivity contribution in [3.63, 3.8) is 0 Å². The monoisotopic (exact) mass is 629 g/mol. The van der Waals surface area contributed by atoms with Crippen LogP contribution >= 0.6 is 46.1 Å². The van der Waals surface area contributed by atoms with Crippen LogP contribution in [0.2, 0.25) is 0 Å². The van der Waals surface area contributed by atoms with Gasteiger partial charge in [0.05, 0.1) is 5.69 Å². The molecule has 0 saturated carbocycles. The Morgan fingerprint density at radius 3 is 2.69 bits per heavy atom. The maximum absolute atomic E-state index is 12.9. The lowest BCUT2D eigenvalue weighted by molar-refractivity contribution is -0.130. The molecule has 1 aliphatic rings. The molecular weight excluding hydrogens is 601 g/mol. The fourth-order valence-corrected chi connectivity index (χ4v) is 5.15. The number of hydrogen-bond acceptors (Lipinski definition) is 8. The minimum atomic E-state index is -0.901. The molecule has 0 spiro atoms. The molecule has 1 aromatic carbocycles. The molecule has 1 unspecified atom stereocenters. The standard InChI is InChI=1S/C22H28IN7O3S2/c1-29(2)22(32)16(26-19(31)21-27-15-8-9-30(3)12-17(15)35-21)11-24-20(34)18(28-33)25-14-6-4-13(10-23)5-7-14/h4-7,16,33H,8-12H2,1-3H3,(H,24,34)(H,25,28)(H,26,31). The molecule has 35 heavy (non-hydrogen) atoms. The Morgan fingerprint density at radius 1 is 1.34 bits per heavy atom. The molecule has 1 aliphatic heterocycles. The molecule has 10 nitrogen and oxygen atoms in total. The number of anilines is 1. The van der Waals surface area contributed by atoms with Gasteiger partial charge < -0.3 is 31.0 Å². The van der Waals surface area contributed by atoms with Crippen LogP contribution in [0.4, 0.5) is 5.69 Å². The van der Waals surface area contributed by atoms with Crippen LogP contribution in [0, 0.1) is 0 Å². The third-order valence-corrected chi connectivity index (χ3v) is 7.61. The van der Waals surface area contributed by atoms with Gasteiger partial charge in [0.1, 0.15) is 11.0 Å². The molecule has 2 amide bonds. The van der Waals surface area contributed by atoms with Gasteiger partial charge in [0.25, 0.3) is 5.91 Å². The van der Waals surface area contributed by atoms with Crippen molar-refractivity contribution >= 4 is 74.5 Å². The first-order chi connectivity index (χ1) is 16.7. The number of oxime groups is 1. The maximum atomic E-state index is 12.9. The van der Waals surface area contributed by atoms with Crippen molar-refractivity contribution in [3.05, 3.63) is 45.4 Å². The third kappa shape index (κ3) is 7.32. The zero-order chi connectivity index (χ0) is 25.5. The van der Waals surface area contributed by atoms with Gasteiger partial charge >= 0.3 is 0 Å². The molecule has 13 heteroatoms. The van der Waals surface area contributed by atoms with Crippen molar-refractivity contribution in [2.24, 2.45) is 5.16 Å². The first-order valence-electron chi connectivity index (χ1n) is 10.8. The third-order valence-electron chi connectivity index (χ3n) is 5.31. The zero-order valence-electron chi connectivity index (χ0n) is 19.7. The topological polar surface area (TPSA) is 122 Å². The highest BCUT2D eigenvalue weighted by Gasteiger charge is 2.27. The molecule has 3 rings (SSSR count). The number of benzene rings is 1. The maximum Gasteiger partial charge on any atom is 0.280 e. The number of aromatic nitrogens is 1. The summed E-state index contributed by atoms with van der Waals surface area (Å²) in [6.07, 6.45) is 0.794. The Morgan fingerprint density at radius 2 is 2.06 bits per heavy atom. The SMILES string of the molecule is CN1CCc2nc(C(=O)NC(CNC(=S)/C(=N/O)Nc3ccc(CI)cc3)C(=O)N(C)C)sc2C1. The molecule has 188 valence electrons. The number of amidine groups is 1. The highest BCUT2D eigenvalue weighted by Crippen LogP contribution is 2.24. The number of nitrogens with one attached hydrogen (secondary N) is 3. The second-order valence-corrected chi connectivity index (χ2v) is 10.5. The number of rotatable bonds is 7. The summed E-state index contributed by atoms with van der Waals surface area (Å²) in [7, 11) is 5.25. The summed E-state index contributed by atoms with van der Waals surface area (Å²) in [5.74, 6) is -0.689. The van der Waals surface area contributed by atoms with E-state index in [1.54, 1.807) is 14.1 Å². The van der Waals surface area contributed by atoms with Crippen LogP contribution in [0.25, 0.3) is 0 Å². The number of nitrogens with zero attached hydrogens (tertiary/aromatic N) is 4. The fourth-order valence-electron chi connectivity index (χ4n) is 3.37. The molecule has 1 atom stereocenters. The summed E-state index contributed by atoms with van der Waals surface area (Å²) >= 11 is 8.98. The van der Waals surface area contributed by atoms with Crippen LogP contribution in [-0.2, 0) is 22.2 Å². The number of thiazole rings is 1. The molecule has 0 bridgehead atoms. The Hall–Kier alpha value is -2.36. The van der Waals surface area contributed by atoms with Crippen LogP contribution in [0.1, 0.15) is 25.9 Å². The lowest BCUT2D eigenvalue weighted by Crippen LogP contribution is -2.53. The minimum Gasteiger partial charge on any atom is -0.409 e. The molecule has 0 fully saturated rings. The zero-order valence-corrected chi connectivity index (χ0v) is 23.5. The number of amides is 2. The van der Waals surface area contributed by atoms with E-state index in [1.165, 1.54) is 16.2 Å². The summed E-state index contributed by atoms with van der Waals surface area (Å²) in [4.78, 5) is 34.9. The Labute approximate surface area is 227 Å². The molecule has 0 aliphatic carbocycles. The number of alkyl halides is 1. The number of halogens is 1. The van der Waals surface area contributed by atoms with Crippen LogP contribution in [-0.4, -0.2) is 82.9 Å². The number of fused-ring (bicyclic) bond motifs is 1. The van der Waals surface area contributed by atoms with Gasteiger partial charge in [-0.05, 0) is 24.7 Å². The second kappa shape index (κ2) is 12.6. The van der Waals surface area contributed by atoms with Crippen LogP contribution in [0.15, 0.2) is 29.4 Å². The van der Waals surface area contributed by atoms with Crippen molar-refractivity contribution in [1.82, 2.24) is 25.4 Å². The first kappa shape index (κ1) is 27.2. The van der Waals surface area contributed by atoms with E-state index in [0.717, 1.165) is 40.1 Å². The first-order valence-corrected chi connectivity index (χ1v) is 13.6. The minimum absolute atomic E-state index is 0.00386. The van der Waals surface area contributed by atoms with Crippen molar-refractivity contribution in [3.8, 4) is 0 Å². The number of likely N-dealkylation sites (N-methyl/N-ethyl adjacent to an activating group) is 2. The fraction of sp³-hybridized carbons (Fsp3) is 0.409. The van der Waals surface area contributed by atoms with Gasteiger partial charge in [-0.15, -0.1) is 11.3 Å². The predicted molar refractivity (Wildman–Crippen MR) is 150 cm³/mol. The Bertz CT molecular complexity index is 1100. The van der Waals surface area contributed by atoms with Crippen molar-refractivity contribution in [1.29, 1.82) is 0 Å². The molecule has 4 N–H and O–H groups in total. The molecule has 0 saturated heterocycles. The lowest BCUT2D eigenvalue weighted by Gasteiger charge is -2.22. The average molecular weight is 630 g/mol. The van der Waals surface area contributed by atoms with Crippen molar-refractivity contribution in [2.75, 3.05) is 39.5 Å². The molecule has 2 heterocycles. The average Bonchev–Trinajstić information content (AvgIpc) is 3.28. The van der Waals surface area contributed by atoms with E-state index in [2.05, 4.69) is 53.6 Å². The largest absolute Gasteiger partial charge is 0.409 e. The number of hydrogen-bond donors (Lipinski definition) is 4. The van der Waals surface area contributed by atoms with Gasteiger partial charge in [-0.3, -0.25) is 9.59 Å². The summed E-state index contributed by atoms with van der Waals surface area (Å²) in [5.41, 5.74) is 2.80. The van der Waals surface area contributed by atoms with E-state index >= 15 is 0 Å². The quantitative estimate of drug-likeness (QED) is 0.0699. The predicted octanol–water partition coefficient (Wildman–Crippen LogP) is 2.07. The van der Waals surface area contributed by atoms with Crippen molar-refractivity contribution in [2.45, 2.75) is 23.4 Å². The van der Waals surface area contributed by atoms with Crippen molar-refractivity contribution < 1.29 is 14.8 Å². The summed E-state index contributed by atoms with van der Waals surface area (Å²) < 4.78 is 0.882. The molecule has 0 radical (unpaired) electrons. The van der Waals surface area contributed by atoms with Gasteiger partial charge in [0, 0.05) is 55.1 Å². The Balaban J connectivity index is 1.64. The molecule has 1 aromatic heterocycles. The smallest absolute Gasteiger partial charge is 0.280 e. The number of thiocarbonyl (C=S) groups is 1. The second-order valence-electron chi connectivity index (χ2n) is 8.25. The van der Waals surface area contributed by atoms with Crippen LogP contribution < -0.4 is 16.0 Å². The van der Waals surface area contributed by atoms with E-state index in [1.807, 2.05) is 31.3 Å². The van der Waals surface area contributed by atoms with Crippen LogP contribution in [0.3, 0.4) is 0 Å². The lowest BCUT2D eigenvalue weighted by atomic mass is 10.2. The number of carbonyl (C=O) groups excluding carboxylic acids is 2. The van der Waals surface area contributed by atoms with E-state index in [9.17, 15) is 14.8 Å². The summed E-state index contributed by atoms with van der Waals surface area (Å²) in [6, 6.07) is 6.71. The molecule has 2 aromatic rings. The number of carbonyl (C=O) groups is 2. The van der Waals surface area contributed by atoms with Gasteiger partial charge in [-0.1, -0.05) is 52.1 Å². The van der Waals surface area contributed by atoms with Gasteiger partial charge in [0.2, 0.25) is 11.7 Å².